The maximum absolute atomic E-state index is 12.7. The number of aromatic nitrogens is 2. The number of oxazole rings is 1. The summed E-state index contributed by atoms with van der Waals surface area (Å²) >= 11 is 7.25. The molecule has 0 radical (unpaired) electrons. The molecule has 0 spiro atoms. The van der Waals surface area contributed by atoms with Crippen LogP contribution in [0, 0.1) is 0 Å². The van der Waals surface area contributed by atoms with Gasteiger partial charge in [0, 0.05) is 24.1 Å². The zero-order chi connectivity index (χ0) is 19.3. The normalized spacial score (nSPS) is 10.9. The van der Waals surface area contributed by atoms with Crippen LogP contribution in [0.3, 0.4) is 0 Å². The van der Waals surface area contributed by atoms with Gasteiger partial charge in [-0.05, 0) is 35.4 Å². The molecule has 0 atom stereocenters. The zero-order valence-corrected chi connectivity index (χ0v) is 16.3. The minimum absolute atomic E-state index is 0.135. The highest BCUT2D eigenvalue weighted by atomic mass is 35.5. The molecule has 0 bridgehead atoms. The van der Waals surface area contributed by atoms with Crippen LogP contribution in [-0.4, -0.2) is 15.9 Å². The number of para-hydroxylation sites is 2. The van der Waals surface area contributed by atoms with E-state index in [0.717, 1.165) is 22.2 Å². The number of fused-ring (bicyclic) bond motifs is 1. The third-order valence-corrected chi connectivity index (χ3v) is 5.23. The average Bonchev–Trinajstić information content (AvgIpc) is 3.15. The molecule has 0 aliphatic carbocycles. The number of thioether (sulfide) groups is 1. The lowest BCUT2D eigenvalue weighted by Crippen LogP contribution is -2.24. The Hall–Kier alpha value is -2.83. The number of nitrogens with zero attached hydrogens (tertiary/aromatic N) is 2. The second-order valence-corrected chi connectivity index (χ2v) is 7.38. The second-order valence-electron chi connectivity index (χ2n) is 6.07. The Morgan fingerprint density at radius 3 is 2.71 bits per heavy atom. The molecule has 0 unspecified atom stereocenters. The lowest BCUT2D eigenvalue weighted by atomic mass is 10.1. The first-order valence-corrected chi connectivity index (χ1v) is 10.0. The predicted octanol–water partition coefficient (Wildman–Crippen LogP) is 5.10. The van der Waals surface area contributed by atoms with Gasteiger partial charge in [0.05, 0.1) is 0 Å². The molecule has 2 aromatic heterocycles. The smallest absolute Gasteiger partial charge is 0.257 e. The van der Waals surface area contributed by atoms with E-state index in [2.05, 4.69) is 15.3 Å². The number of halogens is 1. The number of carbonyl (C=O) groups is 1. The number of benzene rings is 2. The third kappa shape index (κ3) is 4.35. The molecule has 0 saturated carbocycles. The average molecular weight is 410 g/mol. The number of rotatable bonds is 6. The number of nitrogens with one attached hydrogen (secondary N) is 1. The molecule has 2 aromatic carbocycles. The van der Waals surface area contributed by atoms with Crippen LogP contribution in [0.25, 0.3) is 11.1 Å². The van der Waals surface area contributed by atoms with Crippen LogP contribution in [-0.2, 0) is 12.3 Å². The van der Waals surface area contributed by atoms with Crippen molar-refractivity contribution in [1.82, 2.24) is 15.3 Å². The SMILES string of the molecule is O=C(NCc1ccc(Cl)nc1)c1ccccc1CSc1nc2ccccc2o1. The van der Waals surface area contributed by atoms with E-state index in [9.17, 15) is 4.79 Å². The highest BCUT2D eigenvalue weighted by Crippen LogP contribution is 2.27. The summed E-state index contributed by atoms with van der Waals surface area (Å²) < 4.78 is 5.74. The zero-order valence-electron chi connectivity index (χ0n) is 14.8. The van der Waals surface area contributed by atoms with Crippen molar-refractivity contribution >= 4 is 40.4 Å². The van der Waals surface area contributed by atoms with E-state index in [4.69, 9.17) is 16.0 Å². The second kappa shape index (κ2) is 8.46. The molecule has 0 aliphatic heterocycles. The van der Waals surface area contributed by atoms with Gasteiger partial charge in [0.1, 0.15) is 10.7 Å². The van der Waals surface area contributed by atoms with Crippen molar-refractivity contribution in [2.24, 2.45) is 0 Å². The fourth-order valence-electron chi connectivity index (χ4n) is 2.71. The van der Waals surface area contributed by atoms with Gasteiger partial charge in [0.2, 0.25) is 0 Å². The molecule has 0 aliphatic rings. The quantitative estimate of drug-likeness (QED) is 0.354. The Labute approximate surface area is 171 Å². The first-order chi connectivity index (χ1) is 13.7. The molecule has 140 valence electrons. The summed E-state index contributed by atoms with van der Waals surface area (Å²) in [6.45, 7) is 0.385. The summed E-state index contributed by atoms with van der Waals surface area (Å²) in [4.78, 5) is 21.1. The first kappa shape index (κ1) is 18.5. The van der Waals surface area contributed by atoms with E-state index < -0.39 is 0 Å². The summed E-state index contributed by atoms with van der Waals surface area (Å²) in [7, 11) is 0. The van der Waals surface area contributed by atoms with Gasteiger partial charge in [-0.1, -0.05) is 59.8 Å². The molecule has 28 heavy (non-hydrogen) atoms. The summed E-state index contributed by atoms with van der Waals surface area (Å²) in [6, 6.07) is 18.7. The highest BCUT2D eigenvalue weighted by Gasteiger charge is 2.13. The molecule has 5 nitrogen and oxygen atoms in total. The molecular formula is C21H16ClN3O2S. The Balaban J connectivity index is 1.43. The standard InChI is InChI=1S/C21H16ClN3O2S/c22-19-10-9-14(11-23-19)12-24-20(26)16-6-2-1-5-15(16)13-28-21-25-17-7-3-4-8-18(17)27-21/h1-11H,12-13H2,(H,24,26). The lowest BCUT2D eigenvalue weighted by molar-refractivity contribution is 0.0950. The van der Waals surface area contributed by atoms with Crippen molar-refractivity contribution in [3.63, 3.8) is 0 Å². The molecule has 1 N–H and O–H groups in total. The minimum atomic E-state index is -0.135. The Kier molecular flexibility index (Phi) is 5.60. The molecule has 7 heteroatoms. The summed E-state index contributed by atoms with van der Waals surface area (Å²) in [5.74, 6) is 0.447. The van der Waals surface area contributed by atoms with Crippen molar-refractivity contribution in [2.45, 2.75) is 17.5 Å². The Morgan fingerprint density at radius 2 is 1.89 bits per heavy atom. The van der Waals surface area contributed by atoms with Crippen LogP contribution >= 0.6 is 23.4 Å². The summed E-state index contributed by atoms with van der Waals surface area (Å²) in [5, 5.41) is 3.94. The number of pyridine rings is 1. The van der Waals surface area contributed by atoms with Crippen molar-refractivity contribution in [3.8, 4) is 0 Å². The van der Waals surface area contributed by atoms with Crippen LogP contribution in [0.15, 0.2) is 76.5 Å². The van der Waals surface area contributed by atoms with Gasteiger partial charge >= 0.3 is 0 Å². The van der Waals surface area contributed by atoms with Gasteiger partial charge in [0.15, 0.2) is 5.58 Å². The molecule has 1 amide bonds. The van der Waals surface area contributed by atoms with Crippen LogP contribution in [0.1, 0.15) is 21.5 Å². The number of amides is 1. The van der Waals surface area contributed by atoms with Crippen molar-refractivity contribution < 1.29 is 9.21 Å². The molecular weight excluding hydrogens is 394 g/mol. The number of hydrogen-bond acceptors (Lipinski definition) is 5. The largest absolute Gasteiger partial charge is 0.431 e. The van der Waals surface area contributed by atoms with Gasteiger partial charge in [-0.25, -0.2) is 9.97 Å². The fraction of sp³-hybridized carbons (Fsp3) is 0.0952. The highest BCUT2D eigenvalue weighted by molar-refractivity contribution is 7.98. The molecule has 2 heterocycles. The molecule has 0 fully saturated rings. The van der Waals surface area contributed by atoms with E-state index in [1.807, 2.05) is 54.6 Å². The maximum Gasteiger partial charge on any atom is 0.257 e. The van der Waals surface area contributed by atoms with Gasteiger partial charge in [-0.2, -0.15) is 0 Å². The van der Waals surface area contributed by atoms with Crippen LogP contribution in [0.5, 0.6) is 0 Å². The predicted molar refractivity (Wildman–Crippen MR) is 110 cm³/mol. The number of hydrogen-bond donors (Lipinski definition) is 1. The lowest BCUT2D eigenvalue weighted by Gasteiger charge is -2.09. The van der Waals surface area contributed by atoms with Crippen LogP contribution in [0.2, 0.25) is 5.15 Å². The van der Waals surface area contributed by atoms with Crippen molar-refractivity contribution in [2.75, 3.05) is 0 Å². The van der Waals surface area contributed by atoms with Crippen LogP contribution in [0.4, 0.5) is 0 Å². The Bertz CT molecular complexity index is 1080. The van der Waals surface area contributed by atoms with E-state index in [1.165, 1.54) is 11.8 Å². The maximum atomic E-state index is 12.7. The van der Waals surface area contributed by atoms with Gasteiger partial charge in [0.25, 0.3) is 11.1 Å². The third-order valence-electron chi connectivity index (χ3n) is 4.13. The minimum Gasteiger partial charge on any atom is -0.431 e. The molecule has 0 saturated heterocycles. The van der Waals surface area contributed by atoms with Crippen molar-refractivity contribution in [1.29, 1.82) is 0 Å². The van der Waals surface area contributed by atoms with Gasteiger partial charge < -0.3 is 9.73 Å². The first-order valence-electron chi connectivity index (χ1n) is 8.64. The molecule has 4 rings (SSSR count). The number of carbonyl (C=O) groups excluding carboxylic acids is 1. The fourth-order valence-corrected chi connectivity index (χ4v) is 3.66. The van der Waals surface area contributed by atoms with E-state index in [0.29, 0.717) is 28.2 Å². The van der Waals surface area contributed by atoms with Gasteiger partial charge in [-0.3, -0.25) is 4.79 Å². The van der Waals surface area contributed by atoms with Crippen molar-refractivity contribution in [3.05, 3.63) is 88.7 Å². The topological polar surface area (TPSA) is 68.0 Å². The van der Waals surface area contributed by atoms with Crippen LogP contribution < -0.4 is 5.32 Å². The van der Waals surface area contributed by atoms with E-state index >= 15 is 0 Å². The molecule has 4 aromatic rings. The Morgan fingerprint density at radius 1 is 1.07 bits per heavy atom. The summed E-state index contributed by atoms with van der Waals surface area (Å²) in [6.07, 6.45) is 1.65. The summed E-state index contributed by atoms with van der Waals surface area (Å²) in [5.41, 5.74) is 4.02. The van der Waals surface area contributed by atoms with E-state index in [1.54, 1.807) is 12.3 Å². The van der Waals surface area contributed by atoms with E-state index in [-0.39, 0.29) is 5.91 Å². The van der Waals surface area contributed by atoms with Gasteiger partial charge in [-0.15, -0.1) is 0 Å². The monoisotopic (exact) mass is 409 g/mol.